The summed E-state index contributed by atoms with van der Waals surface area (Å²) in [6.45, 7) is 3.87. The number of oxazole rings is 1. The third-order valence-corrected chi connectivity index (χ3v) is 4.53. The lowest BCUT2D eigenvalue weighted by Gasteiger charge is -2.10. The first-order chi connectivity index (χ1) is 12.0. The van der Waals surface area contributed by atoms with Crippen LogP contribution < -0.4 is 10.6 Å². The van der Waals surface area contributed by atoms with Gasteiger partial charge in [0, 0.05) is 5.69 Å². The zero-order valence-corrected chi connectivity index (χ0v) is 14.6. The van der Waals surface area contributed by atoms with Gasteiger partial charge in [0.1, 0.15) is 5.52 Å². The van der Waals surface area contributed by atoms with E-state index in [0.29, 0.717) is 16.5 Å². The van der Waals surface area contributed by atoms with Crippen molar-refractivity contribution in [2.75, 3.05) is 11.1 Å². The predicted molar refractivity (Wildman–Crippen MR) is 97.8 cm³/mol. The van der Waals surface area contributed by atoms with Gasteiger partial charge in [0.25, 0.3) is 5.22 Å². The number of benzene rings is 2. The number of amides is 3. The third kappa shape index (κ3) is 4.19. The first-order valence-electron chi connectivity index (χ1n) is 7.68. The average molecular weight is 355 g/mol. The number of fused-ring (bicyclic) bond motifs is 1. The molecular formula is C18H17N3O3S. The maximum Gasteiger partial charge on any atom is 0.325 e. The van der Waals surface area contributed by atoms with Crippen LogP contribution in [0.1, 0.15) is 11.1 Å². The average Bonchev–Trinajstić information content (AvgIpc) is 3.00. The summed E-state index contributed by atoms with van der Waals surface area (Å²) in [5, 5.41) is 5.38. The van der Waals surface area contributed by atoms with Crippen LogP contribution in [0.2, 0.25) is 0 Å². The number of carbonyl (C=O) groups excluding carboxylic acids is 2. The Morgan fingerprint density at radius 1 is 1.12 bits per heavy atom. The summed E-state index contributed by atoms with van der Waals surface area (Å²) in [5.41, 5.74) is 4.11. The second kappa shape index (κ2) is 7.40. The number of para-hydroxylation sites is 2. The van der Waals surface area contributed by atoms with E-state index in [1.807, 2.05) is 50.2 Å². The van der Waals surface area contributed by atoms with Gasteiger partial charge in [-0.15, -0.1) is 0 Å². The Labute approximate surface area is 149 Å². The lowest BCUT2D eigenvalue weighted by Crippen LogP contribution is -2.35. The van der Waals surface area contributed by atoms with Gasteiger partial charge in [0.05, 0.1) is 5.75 Å². The number of imide groups is 1. The van der Waals surface area contributed by atoms with Gasteiger partial charge in [0.2, 0.25) is 5.91 Å². The Morgan fingerprint density at radius 2 is 1.92 bits per heavy atom. The number of rotatable bonds is 4. The number of hydrogen-bond acceptors (Lipinski definition) is 5. The van der Waals surface area contributed by atoms with E-state index in [0.717, 1.165) is 28.4 Å². The molecule has 0 unspecified atom stereocenters. The Hall–Kier alpha value is -2.80. The van der Waals surface area contributed by atoms with Crippen molar-refractivity contribution in [2.24, 2.45) is 0 Å². The van der Waals surface area contributed by atoms with Crippen molar-refractivity contribution in [3.63, 3.8) is 0 Å². The van der Waals surface area contributed by atoms with Crippen molar-refractivity contribution in [1.29, 1.82) is 0 Å². The summed E-state index contributed by atoms with van der Waals surface area (Å²) < 4.78 is 5.52. The molecule has 2 aromatic carbocycles. The fourth-order valence-electron chi connectivity index (χ4n) is 2.24. The Morgan fingerprint density at radius 3 is 2.72 bits per heavy atom. The number of thioether (sulfide) groups is 1. The molecule has 1 heterocycles. The van der Waals surface area contributed by atoms with E-state index in [9.17, 15) is 9.59 Å². The topological polar surface area (TPSA) is 84.2 Å². The smallest absolute Gasteiger partial charge is 0.325 e. The first kappa shape index (κ1) is 17.0. The minimum absolute atomic E-state index is 0.0348. The lowest BCUT2D eigenvalue weighted by molar-refractivity contribution is -0.117. The molecule has 0 saturated heterocycles. The summed E-state index contributed by atoms with van der Waals surface area (Å²) in [6, 6.07) is 12.4. The molecule has 25 heavy (non-hydrogen) atoms. The molecule has 0 atom stereocenters. The minimum Gasteiger partial charge on any atom is -0.431 e. The molecule has 3 amide bonds. The maximum absolute atomic E-state index is 11.9. The van der Waals surface area contributed by atoms with Crippen molar-refractivity contribution < 1.29 is 14.0 Å². The van der Waals surface area contributed by atoms with Gasteiger partial charge in [-0.05, 0) is 43.2 Å². The van der Waals surface area contributed by atoms with Crippen LogP contribution in [0.3, 0.4) is 0 Å². The quantitative estimate of drug-likeness (QED) is 0.694. The van der Waals surface area contributed by atoms with Crippen molar-refractivity contribution in [1.82, 2.24) is 10.3 Å². The van der Waals surface area contributed by atoms with Gasteiger partial charge < -0.3 is 9.73 Å². The largest absolute Gasteiger partial charge is 0.431 e. The standard InChI is InChI=1S/C18H17N3O3S/c1-11-6-5-8-13(12(11)2)19-17(23)21-16(22)10-25-18-20-14-7-3-4-9-15(14)24-18/h3-9H,10H2,1-2H3,(H2,19,21,22,23). The first-order valence-corrected chi connectivity index (χ1v) is 8.67. The summed E-state index contributed by atoms with van der Waals surface area (Å²) in [5.74, 6) is -0.386. The van der Waals surface area contributed by atoms with Crippen molar-refractivity contribution >= 4 is 40.5 Å². The van der Waals surface area contributed by atoms with E-state index in [-0.39, 0.29) is 5.75 Å². The van der Waals surface area contributed by atoms with E-state index >= 15 is 0 Å². The number of nitrogens with zero attached hydrogens (tertiary/aromatic N) is 1. The highest BCUT2D eigenvalue weighted by molar-refractivity contribution is 7.99. The second-order valence-corrected chi connectivity index (χ2v) is 6.41. The van der Waals surface area contributed by atoms with E-state index in [4.69, 9.17) is 4.42 Å². The Bertz CT molecular complexity index is 903. The molecule has 7 heteroatoms. The molecular weight excluding hydrogens is 338 g/mol. The molecule has 0 aliphatic carbocycles. The zero-order valence-electron chi connectivity index (χ0n) is 13.8. The van der Waals surface area contributed by atoms with Crippen molar-refractivity contribution in [2.45, 2.75) is 19.1 Å². The number of urea groups is 1. The number of nitrogens with one attached hydrogen (secondary N) is 2. The highest BCUT2D eigenvalue weighted by atomic mass is 32.2. The fourth-order valence-corrected chi connectivity index (χ4v) is 2.88. The van der Waals surface area contributed by atoms with E-state index in [1.165, 1.54) is 0 Å². The van der Waals surface area contributed by atoms with Gasteiger partial charge in [-0.2, -0.15) is 0 Å². The molecule has 2 N–H and O–H groups in total. The molecule has 0 aliphatic rings. The van der Waals surface area contributed by atoms with Crippen LogP contribution in [0.5, 0.6) is 0 Å². The monoisotopic (exact) mass is 355 g/mol. The molecule has 1 aromatic heterocycles. The van der Waals surface area contributed by atoms with E-state index in [1.54, 1.807) is 6.07 Å². The van der Waals surface area contributed by atoms with Crippen molar-refractivity contribution in [3.05, 3.63) is 53.6 Å². The fraction of sp³-hybridized carbons (Fsp3) is 0.167. The molecule has 0 fully saturated rings. The number of carbonyl (C=O) groups is 2. The molecule has 0 saturated carbocycles. The number of hydrogen-bond donors (Lipinski definition) is 2. The summed E-state index contributed by atoms with van der Waals surface area (Å²) in [7, 11) is 0. The molecule has 3 aromatic rings. The van der Waals surface area contributed by atoms with Gasteiger partial charge in [-0.3, -0.25) is 10.1 Å². The molecule has 128 valence electrons. The zero-order chi connectivity index (χ0) is 17.8. The Balaban J connectivity index is 1.53. The molecule has 0 bridgehead atoms. The summed E-state index contributed by atoms with van der Waals surface area (Å²) in [6.07, 6.45) is 0. The summed E-state index contributed by atoms with van der Waals surface area (Å²) in [4.78, 5) is 28.1. The SMILES string of the molecule is Cc1cccc(NC(=O)NC(=O)CSc2nc3ccccc3o2)c1C. The van der Waals surface area contributed by atoms with E-state index < -0.39 is 11.9 Å². The normalized spacial score (nSPS) is 10.6. The van der Waals surface area contributed by atoms with Crippen LogP contribution in [0.4, 0.5) is 10.5 Å². The molecule has 0 radical (unpaired) electrons. The highest BCUT2D eigenvalue weighted by Gasteiger charge is 2.12. The molecule has 0 aliphatic heterocycles. The highest BCUT2D eigenvalue weighted by Crippen LogP contribution is 2.23. The van der Waals surface area contributed by atoms with Crippen LogP contribution >= 0.6 is 11.8 Å². The third-order valence-electron chi connectivity index (χ3n) is 3.71. The van der Waals surface area contributed by atoms with Crippen molar-refractivity contribution in [3.8, 4) is 0 Å². The molecule has 0 spiro atoms. The van der Waals surface area contributed by atoms with Crippen LogP contribution in [-0.2, 0) is 4.79 Å². The predicted octanol–water partition coefficient (Wildman–Crippen LogP) is 3.89. The minimum atomic E-state index is -0.558. The summed E-state index contributed by atoms with van der Waals surface area (Å²) >= 11 is 1.14. The van der Waals surface area contributed by atoms with E-state index in [2.05, 4.69) is 15.6 Å². The molecule has 6 nitrogen and oxygen atoms in total. The van der Waals surface area contributed by atoms with Gasteiger partial charge in [0.15, 0.2) is 5.58 Å². The lowest BCUT2D eigenvalue weighted by atomic mass is 10.1. The number of anilines is 1. The van der Waals surface area contributed by atoms with Gasteiger partial charge in [-0.1, -0.05) is 36.0 Å². The van der Waals surface area contributed by atoms with Crippen LogP contribution in [0.25, 0.3) is 11.1 Å². The van der Waals surface area contributed by atoms with Crippen LogP contribution in [-0.4, -0.2) is 22.7 Å². The number of aryl methyl sites for hydroxylation is 1. The number of aromatic nitrogens is 1. The maximum atomic E-state index is 11.9. The molecule has 3 rings (SSSR count). The second-order valence-electron chi connectivity index (χ2n) is 5.49. The Kier molecular flexibility index (Phi) is 5.04. The van der Waals surface area contributed by atoms with Crippen LogP contribution in [0.15, 0.2) is 52.1 Å². The van der Waals surface area contributed by atoms with Gasteiger partial charge >= 0.3 is 6.03 Å². The van der Waals surface area contributed by atoms with Crippen LogP contribution in [0, 0.1) is 13.8 Å². The van der Waals surface area contributed by atoms with Gasteiger partial charge in [-0.25, -0.2) is 9.78 Å².